The van der Waals surface area contributed by atoms with E-state index in [-0.39, 0.29) is 11.9 Å². The average molecular weight is 298 g/mol. The van der Waals surface area contributed by atoms with Crippen molar-refractivity contribution in [2.75, 3.05) is 0 Å². The fraction of sp³-hybridized carbons (Fsp3) is 0.471. The number of imidazole rings is 1. The Morgan fingerprint density at radius 2 is 2.14 bits per heavy atom. The van der Waals surface area contributed by atoms with Crippen molar-refractivity contribution in [2.45, 2.75) is 39.2 Å². The van der Waals surface area contributed by atoms with Crippen molar-refractivity contribution in [1.29, 1.82) is 0 Å². The second kappa shape index (κ2) is 6.30. The number of rotatable bonds is 3. The van der Waals surface area contributed by atoms with Crippen molar-refractivity contribution in [1.82, 2.24) is 19.9 Å². The van der Waals surface area contributed by atoms with Crippen LogP contribution in [0.4, 0.5) is 0 Å². The molecule has 1 aliphatic carbocycles. The van der Waals surface area contributed by atoms with Crippen LogP contribution in [0.3, 0.4) is 0 Å². The molecule has 1 N–H and O–H groups in total. The molecule has 0 bridgehead atoms. The summed E-state index contributed by atoms with van der Waals surface area (Å²) in [5.41, 5.74) is 0.643. The molecule has 3 atom stereocenters. The number of nitrogens with one attached hydrogen (secondary N) is 1. The topological polar surface area (TPSA) is 59.8 Å². The van der Waals surface area contributed by atoms with Crippen LogP contribution in [-0.2, 0) is 0 Å². The van der Waals surface area contributed by atoms with E-state index >= 15 is 0 Å². The summed E-state index contributed by atoms with van der Waals surface area (Å²) in [6, 6.07) is 3.83. The molecule has 2 aromatic rings. The van der Waals surface area contributed by atoms with Crippen LogP contribution in [0.1, 0.15) is 43.5 Å². The zero-order chi connectivity index (χ0) is 15.5. The van der Waals surface area contributed by atoms with E-state index in [0.717, 1.165) is 18.8 Å². The Balaban J connectivity index is 1.69. The SMILES string of the molecule is CC1CCC(NC(=O)c2ccnc(-n3ccnc3)c2)CC1C. The van der Waals surface area contributed by atoms with Gasteiger partial charge < -0.3 is 5.32 Å². The molecule has 116 valence electrons. The zero-order valence-electron chi connectivity index (χ0n) is 13.1. The van der Waals surface area contributed by atoms with E-state index in [1.165, 1.54) is 6.42 Å². The maximum Gasteiger partial charge on any atom is 0.251 e. The lowest BCUT2D eigenvalue weighted by molar-refractivity contribution is 0.0910. The van der Waals surface area contributed by atoms with Gasteiger partial charge in [-0.1, -0.05) is 13.8 Å². The number of carbonyl (C=O) groups excluding carboxylic acids is 1. The fourth-order valence-electron chi connectivity index (χ4n) is 3.04. The quantitative estimate of drug-likeness (QED) is 0.948. The lowest BCUT2D eigenvalue weighted by atomic mass is 9.79. The van der Waals surface area contributed by atoms with Crippen LogP contribution >= 0.6 is 0 Å². The predicted octanol–water partition coefficient (Wildman–Crippen LogP) is 2.82. The highest BCUT2D eigenvalue weighted by molar-refractivity contribution is 5.94. The van der Waals surface area contributed by atoms with Crippen molar-refractivity contribution in [3.05, 3.63) is 42.6 Å². The molecule has 5 nitrogen and oxygen atoms in total. The third-order valence-electron chi connectivity index (χ3n) is 4.71. The fourth-order valence-corrected chi connectivity index (χ4v) is 3.04. The number of pyridine rings is 1. The zero-order valence-corrected chi connectivity index (χ0v) is 13.1. The lowest BCUT2D eigenvalue weighted by Gasteiger charge is -2.32. The van der Waals surface area contributed by atoms with Crippen LogP contribution < -0.4 is 5.32 Å². The highest BCUT2D eigenvalue weighted by atomic mass is 16.1. The molecule has 0 aliphatic heterocycles. The molecule has 1 fully saturated rings. The first-order valence-corrected chi connectivity index (χ1v) is 7.88. The van der Waals surface area contributed by atoms with Crippen LogP contribution in [-0.4, -0.2) is 26.5 Å². The first kappa shape index (κ1) is 14.8. The minimum atomic E-state index is -0.0180. The van der Waals surface area contributed by atoms with Crippen LogP contribution in [0.25, 0.3) is 5.82 Å². The monoisotopic (exact) mass is 298 g/mol. The molecule has 0 spiro atoms. The van der Waals surface area contributed by atoms with Gasteiger partial charge in [-0.05, 0) is 43.2 Å². The summed E-state index contributed by atoms with van der Waals surface area (Å²) >= 11 is 0. The molecule has 2 heterocycles. The Labute approximate surface area is 130 Å². The summed E-state index contributed by atoms with van der Waals surface area (Å²) in [6.07, 6.45) is 10.2. The normalized spacial score (nSPS) is 24.9. The maximum atomic E-state index is 12.5. The Kier molecular flexibility index (Phi) is 4.22. The first-order chi connectivity index (χ1) is 10.6. The number of nitrogens with zero attached hydrogens (tertiary/aromatic N) is 3. The van der Waals surface area contributed by atoms with Crippen LogP contribution in [0.2, 0.25) is 0 Å². The summed E-state index contributed by atoms with van der Waals surface area (Å²) in [6.45, 7) is 4.57. The Morgan fingerprint density at radius 3 is 2.86 bits per heavy atom. The van der Waals surface area contributed by atoms with Gasteiger partial charge in [0.15, 0.2) is 0 Å². The van der Waals surface area contributed by atoms with Crippen molar-refractivity contribution < 1.29 is 4.79 Å². The Morgan fingerprint density at radius 1 is 1.27 bits per heavy atom. The molecule has 0 aromatic carbocycles. The van der Waals surface area contributed by atoms with Gasteiger partial charge in [-0.25, -0.2) is 9.97 Å². The third-order valence-corrected chi connectivity index (χ3v) is 4.71. The standard InChI is InChI=1S/C17H22N4O/c1-12-3-4-15(9-13(12)2)20-17(22)14-5-6-19-16(10-14)21-8-7-18-11-21/h5-8,10-13,15H,3-4,9H2,1-2H3,(H,20,22). The predicted molar refractivity (Wildman–Crippen MR) is 84.8 cm³/mol. The largest absolute Gasteiger partial charge is 0.349 e. The van der Waals surface area contributed by atoms with Gasteiger partial charge in [0, 0.05) is 30.2 Å². The van der Waals surface area contributed by atoms with Gasteiger partial charge in [0.1, 0.15) is 12.1 Å². The molecule has 0 saturated heterocycles. The number of hydrogen-bond acceptors (Lipinski definition) is 3. The molecule has 1 aliphatic rings. The highest BCUT2D eigenvalue weighted by Crippen LogP contribution is 2.29. The second-order valence-electron chi connectivity index (χ2n) is 6.31. The highest BCUT2D eigenvalue weighted by Gasteiger charge is 2.25. The average Bonchev–Trinajstić information content (AvgIpc) is 3.05. The van der Waals surface area contributed by atoms with Gasteiger partial charge in [0.05, 0.1) is 0 Å². The van der Waals surface area contributed by atoms with E-state index in [9.17, 15) is 4.79 Å². The minimum Gasteiger partial charge on any atom is -0.349 e. The number of hydrogen-bond donors (Lipinski definition) is 1. The summed E-state index contributed by atoms with van der Waals surface area (Å²) in [7, 11) is 0. The van der Waals surface area contributed by atoms with Gasteiger partial charge in [0.25, 0.3) is 5.91 Å². The lowest BCUT2D eigenvalue weighted by Crippen LogP contribution is -2.39. The minimum absolute atomic E-state index is 0.0180. The van der Waals surface area contributed by atoms with Crippen molar-refractivity contribution in [2.24, 2.45) is 11.8 Å². The molecular weight excluding hydrogens is 276 g/mol. The maximum absolute atomic E-state index is 12.5. The van der Waals surface area contributed by atoms with Crippen LogP contribution in [0.5, 0.6) is 0 Å². The first-order valence-electron chi connectivity index (χ1n) is 7.88. The van der Waals surface area contributed by atoms with E-state index in [4.69, 9.17) is 0 Å². The molecule has 1 saturated carbocycles. The molecular formula is C17H22N4O. The summed E-state index contributed by atoms with van der Waals surface area (Å²) in [5, 5.41) is 3.17. The third kappa shape index (κ3) is 3.18. The van der Waals surface area contributed by atoms with E-state index < -0.39 is 0 Å². The van der Waals surface area contributed by atoms with Gasteiger partial charge in [-0.2, -0.15) is 0 Å². The summed E-state index contributed by atoms with van der Waals surface area (Å²) < 4.78 is 1.79. The van der Waals surface area contributed by atoms with Crippen LogP contribution in [0, 0.1) is 11.8 Å². The van der Waals surface area contributed by atoms with Crippen molar-refractivity contribution in [3.63, 3.8) is 0 Å². The molecule has 0 radical (unpaired) electrons. The molecule has 1 amide bonds. The van der Waals surface area contributed by atoms with Gasteiger partial charge >= 0.3 is 0 Å². The van der Waals surface area contributed by atoms with Crippen LogP contribution in [0.15, 0.2) is 37.1 Å². The van der Waals surface area contributed by atoms with Gasteiger partial charge in [-0.15, -0.1) is 0 Å². The molecule has 5 heteroatoms. The van der Waals surface area contributed by atoms with E-state index in [1.807, 2.05) is 6.20 Å². The van der Waals surface area contributed by atoms with E-state index in [2.05, 4.69) is 29.1 Å². The van der Waals surface area contributed by atoms with E-state index in [1.54, 1.807) is 35.4 Å². The molecule has 22 heavy (non-hydrogen) atoms. The molecule has 3 rings (SSSR count). The van der Waals surface area contributed by atoms with Crippen molar-refractivity contribution >= 4 is 5.91 Å². The number of amides is 1. The number of aromatic nitrogens is 3. The summed E-state index contributed by atoms with van der Waals surface area (Å²) in [5.74, 6) is 2.10. The number of carbonyl (C=O) groups is 1. The van der Waals surface area contributed by atoms with Gasteiger partial charge in [0.2, 0.25) is 0 Å². The van der Waals surface area contributed by atoms with E-state index in [0.29, 0.717) is 17.3 Å². The molecule has 3 unspecified atom stereocenters. The van der Waals surface area contributed by atoms with Gasteiger partial charge in [-0.3, -0.25) is 9.36 Å². The smallest absolute Gasteiger partial charge is 0.251 e. The Bertz CT molecular complexity index is 638. The van der Waals surface area contributed by atoms with Crippen molar-refractivity contribution in [3.8, 4) is 5.82 Å². The second-order valence-corrected chi connectivity index (χ2v) is 6.31. The molecule has 2 aromatic heterocycles. The summed E-state index contributed by atoms with van der Waals surface area (Å²) in [4.78, 5) is 20.7. The Hall–Kier alpha value is -2.17.